The van der Waals surface area contributed by atoms with Gasteiger partial charge in [-0.2, -0.15) is 0 Å². The van der Waals surface area contributed by atoms with Crippen molar-refractivity contribution in [2.45, 2.75) is 58.3 Å². The molecule has 0 spiro atoms. The second-order valence-electron chi connectivity index (χ2n) is 4.76. The predicted octanol–water partition coefficient (Wildman–Crippen LogP) is 6.19. The Morgan fingerprint density at radius 3 is 1.83 bits per heavy atom. The maximum absolute atomic E-state index is 13.9. The van der Waals surface area contributed by atoms with Crippen LogP contribution < -0.4 is 0 Å². The summed E-state index contributed by atoms with van der Waals surface area (Å²) < 4.78 is 28.4. The normalized spacial score (nSPS) is 11.2. The molecule has 3 heteroatoms. The molecule has 18 heavy (non-hydrogen) atoms. The highest BCUT2D eigenvalue weighted by Crippen LogP contribution is 2.33. The van der Waals surface area contributed by atoms with Gasteiger partial charge in [0.05, 0.1) is 0 Å². The van der Waals surface area contributed by atoms with Crippen molar-refractivity contribution in [3.05, 3.63) is 33.8 Å². The smallest absolute Gasteiger partial charge is 0.130 e. The zero-order chi connectivity index (χ0) is 13.5. The van der Waals surface area contributed by atoms with E-state index < -0.39 is 11.6 Å². The fourth-order valence-corrected chi connectivity index (χ4v) is 2.68. The Bertz CT molecular complexity index is 346. The van der Waals surface area contributed by atoms with Gasteiger partial charge >= 0.3 is 0 Å². The van der Waals surface area contributed by atoms with E-state index in [1.807, 2.05) is 0 Å². The number of rotatable bonds is 7. The van der Waals surface area contributed by atoms with E-state index in [2.05, 4.69) is 29.8 Å². The lowest BCUT2D eigenvalue weighted by Gasteiger charge is -2.18. The molecule has 0 bridgehead atoms. The van der Waals surface area contributed by atoms with Crippen LogP contribution in [0.1, 0.15) is 63.9 Å². The van der Waals surface area contributed by atoms with E-state index >= 15 is 0 Å². The summed E-state index contributed by atoms with van der Waals surface area (Å²) in [5.41, 5.74) is 0.278. The molecule has 0 saturated carbocycles. The van der Waals surface area contributed by atoms with Crippen molar-refractivity contribution in [3.63, 3.8) is 0 Å². The van der Waals surface area contributed by atoms with Crippen LogP contribution in [-0.4, -0.2) is 0 Å². The maximum Gasteiger partial charge on any atom is 0.130 e. The molecule has 0 aliphatic rings. The van der Waals surface area contributed by atoms with Gasteiger partial charge in [0.2, 0.25) is 0 Å². The second-order valence-corrected chi connectivity index (χ2v) is 5.68. The first-order valence-electron chi connectivity index (χ1n) is 6.74. The summed E-state index contributed by atoms with van der Waals surface area (Å²) >= 11 is 3.12. The molecular formula is C15H21BrF2. The third kappa shape index (κ3) is 4.34. The summed E-state index contributed by atoms with van der Waals surface area (Å²) in [6.45, 7) is 4.20. The molecule has 0 radical (unpaired) electrons. The Morgan fingerprint density at radius 1 is 1.00 bits per heavy atom. The Kier molecular flexibility index (Phi) is 6.83. The first-order valence-corrected chi connectivity index (χ1v) is 7.53. The van der Waals surface area contributed by atoms with Crippen molar-refractivity contribution in [1.82, 2.24) is 0 Å². The van der Waals surface area contributed by atoms with Crippen LogP contribution in [0.2, 0.25) is 0 Å². The van der Waals surface area contributed by atoms with Gasteiger partial charge in [0.25, 0.3) is 0 Å². The molecule has 1 rings (SSSR count). The van der Waals surface area contributed by atoms with Crippen LogP contribution in [-0.2, 0) is 0 Å². The van der Waals surface area contributed by atoms with E-state index in [0.29, 0.717) is 4.47 Å². The molecule has 0 unspecified atom stereocenters. The quantitative estimate of drug-likeness (QED) is 0.562. The monoisotopic (exact) mass is 318 g/mol. The van der Waals surface area contributed by atoms with Gasteiger partial charge in [-0.25, -0.2) is 8.78 Å². The molecule has 1 aromatic rings. The summed E-state index contributed by atoms with van der Waals surface area (Å²) in [7, 11) is 0. The van der Waals surface area contributed by atoms with Crippen molar-refractivity contribution in [2.75, 3.05) is 0 Å². The molecule has 0 saturated heterocycles. The van der Waals surface area contributed by atoms with E-state index in [4.69, 9.17) is 0 Å². The van der Waals surface area contributed by atoms with E-state index in [1.54, 1.807) is 0 Å². The lowest BCUT2D eigenvalue weighted by atomic mass is 9.88. The Morgan fingerprint density at radius 2 is 1.44 bits per heavy atom. The van der Waals surface area contributed by atoms with Gasteiger partial charge in [-0.05, 0) is 30.9 Å². The zero-order valence-electron chi connectivity index (χ0n) is 11.1. The molecule has 0 amide bonds. The third-order valence-corrected chi connectivity index (χ3v) is 3.72. The minimum atomic E-state index is -0.418. The minimum Gasteiger partial charge on any atom is -0.207 e. The number of unbranched alkanes of at least 4 members (excludes halogenated alkanes) is 2. The summed E-state index contributed by atoms with van der Waals surface area (Å²) in [6, 6.07) is 2.73. The topological polar surface area (TPSA) is 0 Å². The molecule has 0 heterocycles. The van der Waals surface area contributed by atoms with Gasteiger partial charge in [-0.3, -0.25) is 0 Å². The van der Waals surface area contributed by atoms with Gasteiger partial charge in [0.15, 0.2) is 0 Å². The van der Waals surface area contributed by atoms with Crippen LogP contribution in [0.5, 0.6) is 0 Å². The molecule has 0 aliphatic carbocycles. The van der Waals surface area contributed by atoms with Crippen LogP contribution in [0.15, 0.2) is 16.6 Å². The molecule has 0 aromatic heterocycles. The Balaban J connectivity index is 2.95. The molecule has 0 aliphatic heterocycles. The molecule has 0 atom stereocenters. The molecule has 102 valence electrons. The highest BCUT2D eigenvalue weighted by molar-refractivity contribution is 9.10. The van der Waals surface area contributed by atoms with Crippen molar-refractivity contribution in [2.24, 2.45) is 0 Å². The highest BCUT2D eigenvalue weighted by Gasteiger charge is 2.20. The Labute approximate surface area is 117 Å². The summed E-state index contributed by atoms with van der Waals surface area (Å²) in [6.07, 6.45) is 5.88. The first kappa shape index (κ1) is 15.6. The van der Waals surface area contributed by atoms with Gasteiger partial charge in [-0.15, -0.1) is 0 Å². The number of hydrogen-bond acceptors (Lipinski definition) is 0. The van der Waals surface area contributed by atoms with Crippen molar-refractivity contribution in [1.29, 1.82) is 0 Å². The highest BCUT2D eigenvalue weighted by atomic mass is 79.9. The van der Waals surface area contributed by atoms with Gasteiger partial charge in [0.1, 0.15) is 11.6 Å². The van der Waals surface area contributed by atoms with Crippen molar-refractivity contribution < 1.29 is 8.78 Å². The zero-order valence-corrected chi connectivity index (χ0v) is 12.7. The average Bonchev–Trinajstić information content (AvgIpc) is 2.30. The van der Waals surface area contributed by atoms with Crippen LogP contribution in [0.4, 0.5) is 8.78 Å². The summed E-state index contributed by atoms with van der Waals surface area (Å²) in [4.78, 5) is 0. The molecule has 0 N–H and O–H groups in total. The van der Waals surface area contributed by atoms with Crippen molar-refractivity contribution >= 4 is 15.9 Å². The summed E-state index contributed by atoms with van der Waals surface area (Å²) in [5.74, 6) is -0.823. The number of halogens is 3. The molecular weight excluding hydrogens is 298 g/mol. The van der Waals surface area contributed by atoms with Crippen LogP contribution in [0.25, 0.3) is 0 Å². The molecule has 0 fully saturated rings. The predicted molar refractivity (Wildman–Crippen MR) is 75.8 cm³/mol. The fraction of sp³-hybridized carbons (Fsp3) is 0.600. The van der Waals surface area contributed by atoms with Crippen molar-refractivity contribution in [3.8, 4) is 0 Å². The largest absolute Gasteiger partial charge is 0.207 e. The van der Waals surface area contributed by atoms with Gasteiger partial charge in [0, 0.05) is 10.0 Å². The summed E-state index contributed by atoms with van der Waals surface area (Å²) in [5, 5.41) is 0. The van der Waals surface area contributed by atoms with E-state index in [9.17, 15) is 8.78 Å². The van der Waals surface area contributed by atoms with Crippen LogP contribution in [0.3, 0.4) is 0 Å². The second kappa shape index (κ2) is 7.88. The fourth-order valence-electron chi connectivity index (χ4n) is 2.28. The van der Waals surface area contributed by atoms with Crippen LogP contribution in [0, 0.1) is 11.6 Å². The van der Waals surface area contributed by atoms with Crippen LogP contribution >= 0.6 is 15.9 Å². The lowest BCUT2D eigenvalue weighted by molar-refractivity contribution is 0.465. The maximum atomic E-state index is 13.9. The van der Waals surface area contributed by atoms with E-state index in [0.717, 1.165) is 38.5 Å². The molecule has 1 aromatic carbocycles. The van der Waals surface area contributed by atoms with Gasteiger partial charge < -0.3 is 0 Å². The lowest BCUT2D eigenvalue weighted by Crippen LogP contribution is -2.06. The Hall–Kier alpha value is -0.440. The van der Waals surface area contributed by atoms with E-state index in [-0.39, 0.29) is 11.5 Å². The third-order valence-electron chi connectivity index (χ3n) is 3.26. The average molecular weight is 319 g/mol. The standard InChI is InChI=1S/C15H21BrF2/c1-3-5-7-11(8-6-4-2)15-13(17)9-12(16)10-14(15)18/h9-11H,3-8H2,1-2H3. The minimum absolute atomic E-state index is 0.0120. The SMILES string of the molecule is CCCCC(CCCC)c1c(F)cc(Br)cc1F. The first-order chi connectivity index (χ1) is 8.60. The van der Waals surface area contributed by atoms with Gasteiger partial charge in [-0.1, -0.05) is 55.5 Å². The molecule has 0 nitrogen and oxygen atoms in total. The number of hydrogen-bond donors (Lipinski definition) is 0. The van der Waals surface area contributed by atoms with E-state index in [1.165, 1.54) is 12.1 Å². The number of benzene rings is 1.